The molecule has 0 spiro atoms. The molecule has 24 heavy (non-hydrogen) atoms. The molecule has 0 heterocycles. The molecule has 0 radical (unpaired) electrons. The second-order valence-corrected chi connectivity index (χ2v) is 5.71. The minimum Gasteiger partial charge on any atom is -0.493 e. The molecule has 4 nitrogen and oxygen atoms in total. The highest BCUT2D eigenvalue weighted by molar-refractivity contribution is 5.75. The number of carbonyl (C=O) groups excluding carboxylic acids is 1. The summed E-state index contributed by atoms with van der Waals surface area (Å²) in [5.74, 6) is 0.980. The fourth-order valence-corrected chi connectivity index (χ4v) is 2.33. The van der Waals surface area contributed by atoms with Gasteiger partial charge in [-0.1, -0.05) is 36.4 Å². The van der Waals surface area contributed by atoms with Crippen LogP contribution in [0.2, 0.25) is 0 Å². The number of amides is 1. The van der Waals surface area contributed by atoms with E-state index in [0.29, 0.717) is 19.6 Å². The first-order chi connectivity index (χ1) is 11.8. The van der Waals surface area contributed by atoms with Gasteiger partial charge in [0, 0.05) is 25.2 Å². The maximum Gasteiger partial charge on any atom is 0.220 e. The van der Waals surface area contributed by atoms with Crippen molar-refractivity contribution in [2.45, 2.75) is 26.2 Å². The molecule has 4 heteroatoms. The van der Waals surface area contributed by atoms with E-state index in [1.54, 1.807) is 0 Å². The van der Waals surface area contributed by atoms with Gasteiger partial charge in [0.2, 0.25) is 5.91 Å². The van der Waals surface area contributed by atoms with Crippen LogP contribution in [0.3, 0.4) is 0 Å². The molecule has 0 aliphatic rings. The van der Waals surface area contributed by atoms with E-state index in [-0.39, 0.29) is 5.91 Å². The number of ether oxygens (including phenoxy) is 1. The SMILES string of the molecule is Cc1ccccc1OCCCC(=O)NCCCNc1ccccc1. The van der Waals surface area contributed by atoms with Gasteiger partial charge in [-0.15, -0.1) is 0 Å². The molecule has 0 bridgehead atoms. The van der Waals surface area contributed by atoms with Gasteiger partial charge in [0.05, 0.1) is 6.61 Å². The Balaban J connectivity index is 1.49. The average Bonchev–Trinajstić information content (AvgIpc) is 2.61. The topological polar surface area (TPSA) is 50.4 Å². The lowest BCUT2D eigenvalue weighted by Crippen LogP contribution is -2.26. The Morgan fingerprint density at radius 1 is 0.958 bits per heavy atom. The Morgan fingerprint density at radius 2 is 1.71 bits per heavy atom. The highest BCUT2D eigenvalue weighted by atomic mass is 16.5. The summed E-state index contributed by atoms with van der Waals surface area (Å²) in [5, 5.41) is 6.27. The van der Waals surface area contributed by atoms with E-state index in [0.717, 1.165) is 36.4 Å². The third kappa shape index (κ3) is 6.73. The molecule has 0 saturated carbocycles. The first-order valence-electron chi connectivity index (χ1n) is 8.50. The summed E-state index contributed by atoms with van der Waals surface area (Å²) in [5.41, 5.74) is 2.23. The van der Waals surface area contributed by atoms with E-state index in [4.69, 9.17) is 4.74 Å². The van der Waals surface area contributed by atoms with E-state index in [1.165, 1.54) is 0 Å². The van der Waals surface area contributed by atoms with Crippen molar-refractivity contribution in [1.82, 2.24) is 5.32 Å². The standard InChI is InChI=1S/C20H26N2O2/c1-17-9-5-6-12-19(17)24-16-7-13-20(23)22-15-8-14-21-18-10-3-2-4-11-18/h2-6,9-12,21H,7-8,13-16H2,1H3,(H,22,23). The maximum absolute atomic E-state index is 11.8. The lowest BCUT2D eigenvalue weighted by atomic mass is 10.2. The van der Waals surface area contributed by atoms with Gasteiger partial charge >= 0.3 is 0 Å². The van der Waals surface area contributed by atoms with Crippen molar-refractivity contribution in [3.8, 4) is 5.75 Å². The predicted molar refractivity (Wildman–Crippen MR) is 98.5 cm³/mol. The molecule has 128 valence electrons. The van der Waals surface area contributed by atoms with Crippen LogP contribution >= 0.6 is 0 Å². The van der Waals surface area contributed by atoms with Crippen LogP contribution in [0.25, 0.3) is 0 Å². The van der Waals surface area contributed by atoms with Crippen molar-refractivity contribution in [3.63, 3.8) is 0 Å². The van der Waals surface area contributed by atoms with Crippen molar-refractivity contribution in [1.29, 1.82) is 0 Å². The number of benzene rings is 2. The Morgan fingerprint density at radius 3 is 2.50 bits per heavy atom. The summed E-state index contributed by atoms with van der Waals surface area (Å²) in [4.78, 5) is 11.8. The van der Waals surface area contributed by atoms with Crippen molar-refractivity contribution >= 4 is 11.6 Å². The largest absolute Gasteiger partial charge is 0.493 e. The maximum atomic E-state index is 11.8. The molecular weight excluding hydrogens is 300 g/mol. The zero-order chi connectivity index (χ0) is 17.0. The second kappa shape index (κ2) is 10.3. The minimum atomic E-state index is 0.0862. The van der Waals surface area contributed by atoms with Crippen LogP contribution in [-0.2, 0) is 4.79 Å². The highest BCUT2D eigenvalue weighted by Crippen LogP contribution is 2.16. The number of hydrogen-bond acceptors (Lipinski definition) is 3. The third-order valence-corrected chi connectivity index (χ3v) is 3.68. The van der Waals surface area contributed by atoms with Crippen molar-refractivity contribution in [2.24, 2.45) is 0 Å². The van der Waals surface area contributed by atoms with Gasteiger partial charge in [-0.2, -0.15) is 0 Å². The Kier molecular flexibility index (Phi) is 7.68. The summed E-state index contributed by atoms with van der Waals surface area (Å²) < 4.78 is 5.69. The van der Waals surface area contributed by atoms with E-state index in [9.17, 15) is 4.79 Å². The molecule has 2 aromatic carbocycles. The Bertz CT molecular complexity index is 614. The minimum absolute atomic E-state index is 0.0862. The second-order valence-electron chi connectivity index (χ2n) is 5.71. The molecule has 2 aromatic rings. The van der Waals surface area contributed by atoms with Gasteiger partial charge in [0.1, 0.15) is 5.75 Å². The highest BCUT2D eigenvalue weighted by Gasteiger charge is 2.02. The summed E-state index contributed by atoms with van der Waals surface area (Å²) in [6.45, 7) is 4.12. The van der Waals surface area contributed by atoms with Crippen LogP contribution < -0.4 is 15.4 Å². The lowest BCUT2D eigenvalue weighted by Gasteiger charge is -2.09. The molecule has 1 amide bonds. The first kappa shape index (κ1) is 17.9. The fraction of sp³-hybridized carbons (Fsp3) is 0.350. The molecule has 2 N–H and O–H groups in total. The number of rotatable bonds is 10. The zero-order valence-electron chi connectivity index (χ0n) is 14.3. The van der Waals surface area contributed by atoms with Gasteiger partial charge in [-0.25, -0.2) is 0 Å². The van der Waals surface area contributed by atoms with Gasteiger partial charge in [0.25, 0.3) is 0 Å². The average molecular weight is 326 g/mol. The number of nitrogens with one attached hydrogen (secondary N) is 2. The summed E-state index contributed by atoms with van der Waals surface area (Å²) in [7, 11) is 0. The molecule has 0 aliphatic carbocycles. The third-order valence-electron chi connectivity index (χ3n) is 3.68. The van der Waals surface area contributed by atoms with E-state index in [2.05, 4.69) is 10.6 Å². The molecule has 0 unspecified atom stereocenters. The zero-order valence-corrected chi connectivity index (χ0v) is 14.3. The van der Waals surface area contributed by atoms with E-state index < -0.39 is 0 Å². The van der Waals surface area contributed by atoms with Crippen LogP contribution in [0.5, 0.6) is 5.75 Å². The van der Waals surface area contributed by atoms with Crippen molar-refractivity contribution in [2.75, 3.05) is 25.0 Å². The number of carbonyl (C=O) groups is 1. The van der Waals surface area contributed by atoms with Gasteiger partial charge < -0.3 is 15.4 Å². The first-order valence-corrected chi connectivity index (χ1v) is 8.50. The van der Waals surface area contributed by atoms with Crippen LogP contribution in [0.1, 0.15) is 24.8 Å². The molecule has 0 aromatic heterocycles. The molecule has 0 saturated heterocycles. The number of aryl methyl sites for hydroxylation is 1. The molecule has 0 aliphatic heterocycles. The van der Waals surface area contributed by atoms with Crippen molar-refractivity contribution in [3.05, 3.63) is 60.2 Å². The molecule has 0 atom stereocenters. The Hall–Kier alpha value is -2.49. The van der Waals surface area contributed by atoms with Crippen LogP contribution in [0.15, 0.2) is 54.6 Å². The number of hydrogen-bond donors (Lipinski definition) is 2. The smallest absolute Gasteiger partial charge is 0.220 e. The van der Waals surface area contributed by atoms with E-state index >= 15 is 0 Å². The number of anilines is 1. The summed E-state index contributed by atoms with van der Waals surface area (Å²) in [6.07, 6.45) is 2.13. The van der Waals surface area contributed by atoms with Crippen LogP contribution in [0, 0.1) is 6.92 Å². The predicted octanol–water partition coefficient (Wildman–Crippen LogP) is 3.77. The molecule has 0 fully saturated rings. The van der Waals surface area contributed by atoms with Crippen molar-refractivity contribution < 1.29 is 9.53 Å². The molecular formula is C20H26N2O2. The monoisotopic (exact) mass is 326 g/mol. The van der Waals surface area contributed by atoms with Crippen LogP contribution in [0.4, 0.5) is 5.69 Å². The van der Waals surface area contributed by atoms with Gasteiger partial charge in [-0.05, 0) is 43.5 Å². The van der Waals surface area contributed by atoms with E-state index in [1.807, 2.05) is 61.5 Å². The van der Waals surface area contributed by atoms with Crippen LogP contribution in [-0.4, -0.2) is 25.6 Å². The van der Waals surface area contributed by atoms with Gasteiger partial charge in [0.15, 0.2) is 0 Å². The number of para-hydroxylation sites is 2. The fourth-order valence-electron chi connectivity index (χ4n) is 2.33. The summed E-state index contributed by atoms with van der Waals surface area (Å²) >= 11 is 0. The normalized spacial score (nSPS) is 10.2. The molecule has 2 rings (SSSR count). The van der Waals surface area contributed by atoms with Gasteiger partial charge in [-0.3, -0.25) is 4.79 Å². The summed E-state index contributed by atoms with van der Waals surface area (Å²) in [6, 6.07) is 18.0. The quantitative estimate of drug-likeness (QED) is 0.653. The Labute approximate surface area is 144 Å². The lowest BCUT2D eigenvalue weighted by molar-refractivity contribution is -0.121.